The zero-order valence-electron chi connectivity index (χ0n) is 6.50. The van der Waals surface area contributed by atoms with Crippen molar-refractivity contribution in [3.8, 4) is 11.4 Å². The highest BCUT2D eigenvalue weighted by Gasteiger charge is 2.07. The van der Waals surface area contributed by atoms with Crippen molar-refractivity contribution in [2.24, 2.45) is 0 Å². The molecule has 0 aliphatic carbocycles. The lowest BCUT2D eigenvalue weighted by atomic mass is 10.2. The molecule has 0 aliphatic rings. The molecule has 2 aromatic heterocycles. The van der Waals surface area contributed by atoms with Gasteiger partial charge in [0.05, 0.1) is 11.8 Å². The van der Waals surface area contributed by atoms with Gasteiger partial charge in [-0.15, -0.1) is 5.10 Å². The van der Waals surface area contributed by atoms with Crippen molar-refractivity contribution in [2.45, 2.75) is 6.92 Å². The van der Waals surface area contributed by atoms with Gasteiger partial charge in [-0.2, -0.15) is 10.1 Å². The van der Waals surface area contributed by atoms with E-state index in [9.17, 15) is 0 Å². The number of aromatic nitrogens is 5. The van der Waals surface area contributed by atoms with Crippen molar-refractivity contribution in [2.75, 3.05) is 5.73 Å². The first-order chi connectivity index (χ1) is 5.77. The number of hydrogen-bond donors (Lipinski definition) is 3. The number of aryl methyl sites for hydroxylation is 1. The van der Waals surface area contributed by atoms with Gasteiger partial charge in [0.1, 0.15) is 0 Å². The van der Waals surface area contributed by atoms with Gasteiger partial charge in [-0.25, -0.2) is 0 Å². The summed E-state index contributed by atoms with van der Waals surface area (Å²) in [6, 6.07) is 0. The maximum atomic E-state index is 5.35. The van der Waals surface area contributed by atoms with Crippen molar-refractivity contribution in [1.82, 2.24) is 25.4 Å². The Hall–Kier alpha value is -1.85. The number of nitrogens with one attached hydrogen (secondary N) is 2. The molecule has 0 bridgehead atoms. The lowest BCUT2D eigenvalue weighted by Crippen LogP contribution is -1.85. The Morgan fingerprint density at radius 1 is 1.42 bits per heavy atom. The molecule has 0 saturated carbocycles. The van der Waals surface area contributed by atoms with Gasteiger partial charge in [0.2, 0.25) is 5.95 Å². The fraction of sp³-hybridized carbons (Fsp3) is 0.167. The largest absolute Gasteiger partial charge is 0.366 e. The Morgan fingerprint density at radius 3 is 2.75 bits per heavy atom. The van der Waals surface area contributed by atoms with Crippen LogP contribution in [0.25, 0.3) is 11.4 Å². The third-order valence-corrected chi connectivity index (χ3v) is 1.59. The maximum absolute atomic E-state index is 5.35. The predicted octanol–water partition coefficient (Wildman–Crippen LogP) is 0.0854. The predicted molar refractivity (Wildman–Crippen MR) is 43.1 cm³/mol. The van der Waals surface area contributed by atoms with Crippen molar-refractivity contribution >= 4 is 5.95 Å². The zero-order valence-corrected chi connectivity index (χ0v) is 6.50. The van der Waals surface area contributed by atoms with E-state index in [0.29, 0.717) is 5.82 Å². The van der Waals surface area contributed by atoms with Gasteiger partial charge < -0.3 is 5.73 Å². The van der Waals surface area contributed by atoms with Crippen LogP contribution in [0.5, 0.6) is 0 Å². The maximum Gasteiger partial charge on any atom is 0.239 e. The molecule has 0 aromatic carbocycles. The second kappa shape index (κ2) is 2.33. The molecular weight excluding hydrogens is 156 g/mol. The molecule has 62 valence electrons. The molecule has 0 saturated heterocycles. The molecule has 6 heteroatoms. The average Bonchev–Trinajstić information content (AvgIpc) is 2.58. The zero-order chi connectivity index (χ0) is 8.55. The van der Waals surface area contributed by atoms with Gasteiger partial charge in [0, 0.05) is 5.69 Å². The number of anilines is 1. The van der Waals surface area contributed by atoms with Gasteiger partial charge in [0.25, 0.3) is 0 Å². The molecular formula is C6H8N6. The lowest BCUT2D eigenvalue weighted by molar-refractivity contribution is 1.05. The van der Waals surface area contributed by atoms with E-state index in [0.717, 1.165) is 11.3 Å². The Kier molecular flexibility index (Phi) is 1.33. The first-order valence-corrected chi connectivity index (χ1v) is 3.45. The second-order valence-electron chi connectivity index (χ2n) is 2.45. The third kappa shape index (κ3) is 0.931. The number of nitrogens with zero attached hydrogens (tertiary/aromatic N) is 3. The minimum absolute atomic E-state index is 0.241. The molecule has 0 amide bonds. The Morgan fingerprint density at radius 2 is 2.25 bits per heavy atom. The van der Waals surface area contributed by atoms with Crippen molar-refractivity contribution in [3.05, 3.63) is 11.9 Å². The lowest BCUT2D eigenvalue weighted by Gasteiger charge is -1.89. The molecule has 0 atom stereocenters. The fourth-order valence-corrected chi connectivity index (χ4v) is 0.985. The minimum Gasteiger partial charge on any atom is -0.366 e. The first kappa shape index (κ1) is 6.84. The summed E-state index contributed by atoms with van der Waals surface area (Å²) in [4.78, 5) is 3.97. The van der Waals surface area contributed by atoms with E-state index in [-0.39, 0.29) is 5.95 Å². The van der Waals surface area contributed by atoms with Crippen LogP contribution in [0.4, 0.5) is 5.95 Å². The van der Waals surface area contributed by atoms with Crippen LogP contribution < -0.4 is 5.73 Å². The quantitative estimate of drug-likeness (QED) is 0.556. The molecule has 12 heavy (non-hydrogen) atoms. The average molecular weight is 164 g/mol. The van der Waals surface area contributed by atoms with E-state index >= 15 is 0 Å². The Bertz CT molecular complexity index is 386. The molecule has 0 aliphatic heterocycles. The van der Waals surface area contributed by atoms with E-state index in [2.05, 4.69) is 25.4 Å². The van der Waals surface area contributed by atoms with E-state index < -0.39 is 0 Å². The molecule has 2 heterocycles. The Labute approximate surface area is 68.2 Å². The minimum atomic E-state index is 0.241. The van der Waals surface area contributed by atoms with Crippen molar-refractivity contribution in [1.29, 1.82) is 0 Å². The highest BCUT2D eigenvalue weighted by molar-refractivity contribution is 5.57. The molecule has 0 spiro atoms. The summed E-state index contributed by atoms with van der Waals surface area (Å²) in [5.74, 6) is 0.879. The summed E-state index contributed by atoms with van der Waals surface area (Å²) < 4.78 is 0. The molecule has 0 unspecified atom stereocenters. The molecule has 0 radical (unpaired) electrons. The number of hydrogen-bond acceptors (Lipinski definition) is 4. The highest BCUT2D eigenvalue weighted by Crippen LogP contribution is 2.16. The fourth-order valence-electron chi connectivity index (χ4n) is 0.985. The van der Waals surface area contributed by atoms with Crippen LogP contribution in [0.15, 0.2) is 6.20 Å². The molecule has 2 aromatic rings. The molecule has 2 rings (SSSR count). The number of rotatable bonds is 1. The SMILES string of the molecule is Cc1[nH]ncc1-c1nc(N)n[nH]1. The number of nitrogen functional groups attached to an aromatic ring is 1. The van der Waals surface area contributed by atoms with Crippen LogP contribution in [0.1, 0.15) is 5.69 Å². The first-order valence-electron chi connectivity index (χ1n) is 3.45. The summed E-state index contributed by atoms with van der Waals surface area (Å²) in [5.41, 5.74) is 7.18. The summed E-state index contributed by atoms with van der Waals surface area (Å²) in [5, 5.41) is 13.1. The van der Waals surface area contributed by atoms with Crippen LogP contribution >= 0.6 is 0 Å². The molecule has 0 fully saturated rings. The highest BCUT2D eigenvalue weighted by atomic mass is 15.3. The van der Waals surface area contributed by atoms with Crippen LogP contribution in [-0.4, -0.2) is 25.4 Å². The van der Waals surface area contributed by atoms with Gasteiger partial charge in [-0.05, 0) is 6.92 Å². The van der Waals surface area contributed by atoms with Crippen LogP contribution in [0.2, 0.25) is 0 Å². The van der Waals surface area contributed by atoms with E-state index in [1.165, 1.54) is 0 Å². The number of nitrogens with two attached hydrogens (primary N) is 1. The van der Waals surface area contributed by atoms with Crippen molar-refractivity contribution < 1.29 is 0 Å². The Balaban J connectivity index is 2.50. The van der Waals surface area contributed by atoms with Crippen LogP contribution in [0.3, 0.4) is 0 Å². The number of H-pyrrole nitrogens is 2. The van der Waals surface area contributed by atoms with Gasteiger partial charge in [-0.1, -0.05) is 0 Å². The summed E-state index contributed by atoms with van der Waals surface area (Å²) in [7, 11) is 0. The smallest absolute Gasteiger partial charge is 0.239 e. The van der Waals surface area contributed by atoms with Crippen molar-refractivity contribution in [3.63, 3.8) is 0 Å². The van der Waals surface area contributed by atoms with Gasteiger partial charge >= 0.3 is 0 Å². The normalized spacial score (nSPS) is 10.4. The van der Waals surface area contributed by atoms with Gasteiger partial charge in [0.15, 0.2) is 5.82 Å². The second-order valence-corrected chi connectivity index (χ2v) is 2.45. The summed E-state index contributed by atoms with van der Waals surface area (Å²) in [6.45, 7) is 1.90. The molecule has 6 nitrogen and oxygen atoms in total. The monoisotopic (exact) mass is 164 g/mol. The summed E-state index contributed by atoms with van der Waals surface area (Å²) in [6.07, 6.45) is 1.68. The topological polar surface area (TPSA) is 96.3 Å². The van der Waals surface area contributed by atoms with Crippen LogP contribution in [-0.2, 0) is 0 Å². The van der Waals surface area contributed by atoms with E-state index in [1.807, 2.05) is 6.92 Å². The summed E-state index contributed by atoms with van der Waals surface area (Å²) >= 11 is 0. The third-order valence-electron chi connectivity index (χ3n) is 1.59. The number of aromatic amines is 2. The van der Waals surface area contributed by atoms with E-state index in [4.69, 9.17) is 5.73 Å². The van der Waals surface area contributed by atoms with E-state index in [1.54, 1.807) is 6.20 Å². The standard InChI is InChI=1S/C6H8N6/c1-3-4(2-8-10-3)5-9-6(7)12-11-5/h2H,1H3,(H,8,10)(H3,7,9,11,12). The van der Waals surface area contributed by atoms with Crippen LogP contribution in [0, 0.1) is 6.92 Å². The van der Waals surface area contributed by atoms with Gasteiger partial charge in [-0.3, -0.25) is 10.2 Å². The molecule has 4 N–H and O–H groups in total.